The monoisotopic (exact) mass is 206 g/mol. The van der Waals surface area contributed by atoms with Crippen LogP contribution in [0, 0.1) is 6.92 Å². The van der Waals surface area contributed by atoms with Crippen molar-refractivity contribution in [3.8, 4) is 0 Å². The molecule has 0 bridgehead atoms. The third-order valence-electron chi connectivity index (χ3n) is 2.60. The van der Waals surface area contributed by atoms with Gasteiger partial charge in [-0.15, -0.1) is 0 Å². The van der Waals surface area contributed by atoms with Crippen molar-refractivity contribution < 1.29 is 0 Å². The number of pyridine rings is 1. The predicted molar refractivity (Wildman–Crippen MR) is 65.1 cm³/mol. The molecular weight excluding hydrogens is 184 g/mol. The van der Waals surface area contributed by atoms with Gasteiger partial charge >= 0.3 is 0 Å². The Hall–Kier alpha value is -0.890. The highest BCUT2D eigenvalue weighted by Crippen LogP contribution is 2.18. The molecule has 1 atom stereocenters. The van der Waals surface area contributed by atoms with Crippen molar-refractivity contribution >= 4 is 0 Å². The van der Waals surface area contributed by atoms with E-state index in [1.165, 1.54) is 17.5 Å². The SMILES string of the molecule is Cc1cncc(C(C)CCNC(C)C)c1. The van der Waals surface area contributed by atoms with Crippen molar-refractivity contribution in [3.63, 3.8) is 0 Å². The lowest BCUT2D eigenvalue weighted by atomic mass is 9.98. The maximum absolute atomic E-state index is 4.23. The Morgan fingerprint density at radius 2 is 2.00 bits per heavy atom. The lowest BCUT2D eigenvalue weighted by Gasteiger charge is -2.14. The maximum atomic E-state index is 4.23. The molecule has 1 rings (SSSR count). The van der Waals surface area contributed by atoms with Crippen LogP contribution in [0.2, 0.25) is 0 Å². The van der Waals surface area contributed by atoms with Crippen LogP contribution in [-0.2, 0) is 0 Å². The van der Waals surface area contributed by atoms with Gasteiger partial charge in [0.2, 0.25) is 0 Å². The number of nitrogens with one attached hydrogen (secondary N) is 1. The standard InChI is InChI=1S/C13H22N2/c1-10(2)15-6-5-12(4)13-7-11(3)8-14-9-13/h7-10,12,15H,5-6H2,1-4H3. The quantitative estimate of drug-likeness (QED) is 0.801. The number of hydrogen-bond acceptors (Lipinski definition) is 2. The van der Waals surface area contributed by atoms with Crippen LogP contribution in [0.15, 0.2) is 18.5 Å². The maximum Gasteiger partial charge on any atom is 0.0302 e. The van der Waals surface area contributed by atoms with Crippen molar-refractivity contribution in [3.05, 3.63) is 29.6 Å². The molecule has 0 saturated carbocycles. The van der Waals surface area contributed by atoms with Gasteiger partial charge in [-0.1, -0.05) is 26.8 Å². The van der Waals surface area contributed by atoms with Gasteiger partial charge < -0.3 is 5.32 Å². The van der Waals surface area contributed by atoms with Crippen molar-refractivity contribution in [2.45, 2.75) is 46.1 Å². The van der Waals surface area contributed by atoms with Crippen LogP contribution in [0.3, 0.4) is 0 Å². The summed E-state index contributed by atoms with van der Waals surface area (Å²) in [6.07, 6.45) is 5.05. The molecule has 0 spiro atoms. The highest BCUT2D eigenvalue weighted by Gasteiger charge is 2.05. The molecule has 2 heteroatoms. The van der Waals surface area contributed by atoms with E-state index in [2.05, 4.69) is 44.1 Å². The number of nitrogens with zero attached hydrogens (tertiary/aromatic N) is 1. The molecule has 0 saturated heterocycles. The first kappa shape index (κ1) is 12.2. The molecule has 1 unspecified atom stereocenters. The summed E-state index contributed by atoms with van der Waals surface area (Å²) in [7, 11) is 0. The van der Waals surface area contributed by atoms with E-state index in [0.29, 0.717) is 12.0 Å². The van der Waals surface area contributed by atoms with E-state index in [0.717, 1.165) is 6.54 Å². The largest absolute Gasteiger partial charge is 0.315 e. The summed E-state index contributed by atoms with van der Waals surface area (Å²) in [6, 6.07) is 2.81. The summed E-state index contributed by atoms with van der Waals surface area (Å²) in [6.45, 7) is 9.79. The average molecular weight is 206 g/mol. The highest BCUT2D eigenvalue weighted by atomic mass is 14.9. The molecule has 1 aromatic heterocycles. The molecule has 0 radical (unpaired) electrons. The lowest BCUT2D eigenvalue weighted by Crippen LogP contribution is -2.24. The molecule has 1 heterocycles. The van der Waals surface area contributed by atoms with Gasteiger partial charge in [0.05, 0.1) is 0 Å². The van der Waals surface area contributed by atoms with Crippen LogP contribution in [-0.4, -0.2) is 17.6 Å². The highest BCUT2D eigenvalue weighted by molar-refractivity contribution is 5.19. The van der Waals surface area contributed by atoms with Gasteiger partial charge in [-0.2, -0.15) is 0 Å². The third-order valence-corrected chi connectivity index (χ3v) is 2.60. The van der Waals surface area contributed by atoms with E-state index < -0.39 is 0 Å². The third kappa shape index (κ3) is 4.43. The minimum atomic E-state index is 0.577. The molecule has 0 aromatic carbocycles. The zero-order valence-corrected chi connectivity index (χ0v) is 10.2. The summed E-state index contributed by atoms with van der Waals surface area (Å²) in [5, 5.41) is 3.44. The summed E-state index contributed by atoms with van der Waals surface area (Å²) in [4.78, 5) is 4.23. The van der Waals surface area contributed by atoms with E-state index in [4.69, 9.17) is 0 Å². The van der Waals surface area contributed by atoms with Gasteiger partial charge in [0.1, 0.15) is 0 Å². The van der Waals surface area contributed by atoms with Gasteiger partial charge in [0.15, 0.2) is 0 Å². The smallest absolute Gasteiger partial charge is 0.0302 e. The Kier molecular flexibility index (Phi) is 4.76. The Labute approximate surface area is 93.1 Å². The molecule has 1 aromatic rings. The van der Waals surface area contributed by atoms with Gasteiger partial charge in [0, 0.05) is 18.4 Å². The summed E-state index contributed by atoms with van der Waals surface area (Å²) in [5.41, 5.74) is 2.59. The molecule has 0 fully saturated rings. The van der Waals surface area contributed by atoms with Gasteiger partial charge in [0.25, 0.3) is 0 Å². The average Bonchev–Trinajstić information content (AvgIpc) is 2.17. The van der Waals surface area contributed by atoms with Gasteiger partial charge in [-0.25, -0.2) is 0 Å². The zero-order chi connectivity index (χ0) is 11.3. The van der Waals surface area contributed by atoms with E-state index in [9.17, 15) is 0 Å². The molecular formula is C13H22N2. The fraction of sp³-hybridized carbons (Fsp3) is 0.615. The molecule has 1 N–H and O–H groups in total. The van der Waals surface area contributed by atoms with E-state index in [1.807, 2.05) is 12.4 Å². The molecule has 0 aliphatic heterocycles. The van der Waals surface area contributed by atoms with Crippen molar-refractivity contribution in [1.82, 2.24) is 10.3 Å². The van der Waals surface area contributed by atoms with Crippen molar-refractivity contribution in [2.24, 2.45) is 0 Å². The second-order valence-corrected chi connectivity index (χ2v) is 4.59. The van der Waals surface area contributed by atoms with Gasteiger partial charge in [-0.05, 0) is 36.9 Å². The first-order valence-corrected chi connectivity index (χ1v) is 5.74. The van der Waals surface area contributed by atoms with Crippen LogP contribution < -0.4 is 5.32 Å². The Morgan fingerprint density at radius 1 is 1.27 bits per heavy atom. The molecule has 0 amide bonds. The van der Waals surface area contributed by atoms with Crippen LogP contribution in [0.1, 0.15) is 44.2 Å². The number of rotatable bonds is 5. The fourth-order valence-corrected chi connectivity index (χ4v) is 1.60. The topological polar surface area (TPSA) is 24.9 Å². The predicted octanol–water partition coefficient (Wildman–Crippen LogP) is 2.88. The minimum Gasteiger partial charge on any atom is -0.315 e. The molecule has 0 aliphatic carbocycles. The van der Waals surface area contributed by atoms with Gasteiger partial charge in [-0.3, -0.25) is 4.98 Å². The zero-order valence-electron chi connectivity index (χ0n) is 10.2. The molecule has 0 aliphatic rings. The van der Waals surface area contributed by atoms with Crippen molar-refractivity contribution in [1.29, 1.82) is 0 Å². The van der Waals surface area contributed by atoms with Crippen molar-refractivity contribution in [2.75, 3.05) is 6.54 Å². The second-order valence-electron chi connectivity index (χ2n) is 4.59. The molecule has 15 heavy (non-hydrogen) atoms. The number of aromatic nitrogens is 1. The lowest BCUT2D eigenvalue weighted by molar-refractivity contribution is 0.540. The Bertz CT molecular complexity index is 294. The summed E-state index contributed by atoms with van der Waals surface area (Å²) >= 11 is 0. The first-order valence-electron chi connectivity index (χ1n) is 5.74. The fourth-order valence-electron chi connectivity index (χ4n) is 1.60. The molecule has 84 valence electrons. The van der Waals surface area contributed by atoms with E-state index >= 15 is 0 Å². The van der Waals surface area contributed by atoms with Crippen LogP contribution in [0.5, 0.6) is 0 Å². The Morgan fingerprint density at radius 3 is 2.60 bits per heavy atom. The number of hydrogen-bond donors (Lipinski definition) is 1. The van der Waals surface area contributed by atoms with Crippen LogP contribution in [0.4, 0.5) is 0 Å². The van der Waals surface area contributed by atoms with E-state index in [1.54, 1.807) is 0 Å². The molecule has 2 nitrogen and oxygen atoms in total. The second kappa shape index (κ2) is 5.86. The summed E-state index contributed by atoms with van der Waals surface area (Å²) < 4.78 is 0. The summed E-state index contributed by atoms with van der Waals surface area (Å²) in [5.74, 6) is 0.587. The van der Waals surface area contributed by atoms with Crippen LogP contribution >= 0.6 is 0 Å². The van der Waals surface area contributed by atoms with Crippen LogP contribution in [0.25, 0.3) is 0 Å². The first-order chi connectivity index (χ1) is 7.09. The number of aryl methyl sites for hydroxylation is 1. The normalized spacial score (nSPS) is 13.1. The van der Waals surface area contributed by atoms with E-state index in [-0.39, 0.29) is 0 Å². The minimum absolute atomic E-state index is 0.577. The Balaban J connectivity index is 2.43.